The van der Waals surface area contributed by atoms with E-state index in [-0.39, 0.29) is 30.5 Å². The van der Waals surface area contributed by atoms with Gasteiger partial charge in [0.25, 0.3) is 5.69 Å². The van der Waals surface area contributed by atoms with Crippen molar-refractivity contribution in [1.29, 1.82) is 0 Å². The van der Waals surface area contributed by atoms with E-state index < -0.39 is 51.6 Å². The van der Waals surface area contributed by atoms with Crippen LogP contribution in [0.4, 0.5) is 10.1 Å². The number of amides is 1. The predicted octanol–water partition coefficient (Wildman–Crippen LogP) is 4.17. The molecule has 0 radical (unpaired) electrons. The Bertz CT molecular complexity index is 1350. The molecule has 2 bridgehead atoms. The van der Waals surface area contributed by atoms with Gasteiger partial charge in [-0.15, -0.1) is 0 Å². The second-order valence-corrected chi connectivity index (χ2v) is 10.8. The summed E-state index contributed by atoms with van der Waals surface area (Å²) < 4.78 is 32.3. The van der Waals surface area contributed by atoms with E-state index in [0.717, 1.165) is 0 Å². The molecule has 1 amide bonds. The molecule has 206 valence electrons. The molecule has 1 spiro atoms. The van der Waals surface area contributed by atoms with Crippen molar-refractivity contribution >= 4 is 23.3 Å². The Hall–Kier alpha value is -3.70. The third kappa shape index (κ3) is 3.86. The molecule has 10 nitrogen and oxygen atoms in total. The second kappa shape index (κ2) is 9.20. The van der Waals surface area contributed by atoms with Gasteiger partial charge < -0.3 is 19.1 Å². The van der Waals surface area contributed by atoms with Gasteiger partial charge >= 0.3 is 5.97 Å². The van der Waals surface area contributed by atoms with E-state index >= 15 is 0 Å². The molecule has 2 aromatic rings. The molecule has 11 heteroatoms. The maximum Gasteiger partial charge on any atom is 0.315 e. The van der Waals surface area contributed by atoms with Crippen LogP contribution in [0.25, 0.3) is 0 Å². The average molecular weight is 540 g/mol. The van der Waals surface area contributed by atoms with Crippen LogP contribution >= 0.6 is 0 Å². The van der Waals surface area contributed by atoms with Crippen LogP contribution in [0.1, 0.15) is 51.8 Å². The molecule has 5 atom stereocenters. The summed E-state index contributed by atoms with van der Waals surface area (Å²) in [5.41, 5.74) is -1.19. The summed E-state index contributed by atoms with van der Waals surface area (Å²) in [7, 11) is 0. The largest absolute Gasteiger partial charge is 0.466 e. The Kier molecular flexibility index (Phi) is 6.34. The first kappa shape index (κ1) is 26.9. The molecule has 0 aromatic heterocycles. The number of fused-ring (bicyclic) bond motifs is 1. The number of nitro groups is 1. The number of hydrogen-bond donors (Lipinski definition) is 0. The molecule has 3 aliphatic rings. The Labute approximate surface area is 224 Å². The first-order valence-corrected chi connectivity index (χ1v) is 12.9. The van der Waals surface area contributed by atoms with Gasteiger partial charge in [0.15, 0.2) is 5.72 Å². The molecule has 2 fully saturated rings. The van der Waals surface area contributed by atoms with E-state index in [9.17, 15) is 24.1 Å². The molecule has 2 aromatic carbocycles. The topological polar surface area (TPSA) is 121 Å². The van der Waals surface area contributed by atoms with Crippen LogP contribution in [0.3, 0.4) is 0 Å². The van der Waals surface area contributed by atoms with Gasteiger partial charge in [0, 0.05) is 29.8 Å². The zero-order chi connectivity index (χ0) is 28.3. The number of nitro benzene ring substituents is 1. The van der Waals surface area contributed by atoms with Gasteiger partial charge in [0.1, 0.15) is 29.4 Å². The van der Waals surface area contributed by atoms with Crippen LogP contribution in [0.2, 0.25) is 0 Å². The van der Waals surface area contributed by atoms with Crippen LogP contribution < -0.4 is 0 Å². The quantitative estimate of drug-likeness (QED) is 0.294. The lowest BCUT2D eigenvalue weighted by atomic mass is 9.75. The lowest BCUT2D eigenvalue weighted by molar-refractivity contribution is -0.384. The fourth-order valence-electron chi connectivity index (χ4n) is 6.12. The van der Waals surface area contributed by atoms with Crippen molar-refractivity contribution in [3.8, 4) is 0 Å². The summed E-state index contributed by atoms with van der Waals surface area (Å²) in [5.74, 6) is -5.54. The minimum atomic E-state index is -1.78. The summed E-state index contributed by atoms with van der Waals surface area (Å²) >= 11 is 0. The highest BCUT2D eigenvalue weighted by atomic mass is 19.1. The number of aliphatic imine (C=N–C) groups is 1. The molecular formula is C28H30FN3O7. The van der Waals surface area contributed by atoms with Crippen molar-refractivity contribution in [3.05, 3.63) is 75.6 Å². The van der Waals surface area contributed by atoms with Crippen molar-refractivity contribution in [2.24, 2.45) is 16.8 Å². The number of likely N-dealkylation sites (tertiary alicyclic amines) is 1. The number of ether oxygens (including phenoxy) is 3. The predicted molar refractivity (Wildman–Crippen MR) is 137 cm³/mol. The fraction of sp³-hybridized carbons (Fsp3) is 0.464. The van der Waals surface area contributed by atoms with Gasteiger partial charge in [0.05, 0.1) is 11.5 Å². The molecule has 0 saturated carbocycles. The van der Waals surface area contributed by atoms with Crippen LogP contribution in [0, 0.1) is 27.8 Å². The van der Waals surface area contributed by atoms with Gasteiger partial charge in [-0.25, -0.2) is 9.38 Å². The normalized spacial score (nSPS) is 29.4. The molecular weight excluding hydrogens is 509 g/mol. The van der Waals surface area contributed by atoms with E-state index in [1.165, 1.54) is 36.4 Å². The summed E-state index contributed by atoms with van der Waals surface area (Å²) in [4.78, 5) is 45.3. The smallest absolute Gasteiger partial charge is 0.315 e. The molecule has 3 aliphatic heterocycles. The molecule has 3 heterocycles. The SMILES string of the molecule is CCOC(=O)[C@@H]1[C@H]2C(=O)N(C(C)(C)C)[C@H](c3ccc(F)cc3)[C@]23N=C(c2ccc([N+](=O)[O-])cc2)[C@]1(OCC)O3. The van der Waals surface area contributed by atoms with Gasteiger partial charge in [-0.05, 0) is 64.4 Å². The molecule has 2 saturated heterocycles. The van der Waals surface area contributed by atoms with Crippen LogP contribution in [-0.4, -0.2) is 57.7 Å². The number of non-ortho nitro benzene ring substituents is 1. The molecule has 39 heavy (non-hydrogen) atoms. The molecule has 0 unspecified atom stereocenters. The summed E-state index contributed by atoms with van der Waals surface area (Å²) in [6.07, 6.45) is 0. The highest BCUT2D eigenvalue weighted by Crippen LogP contribution is 2.66. The van der Waals surface area contributed by atoms with Crippen LogP contribution in [-0.2, 0) is 23.8 Å². The third-order valence-electron chi connectivity index (χ3n) is 7.43. The molecule has 0 N–H and O–H groups in total. The van der Waals surface area contributed by atoms with Crippen molar-refractivity contribution in [2.45, 2.75) is 57.7 Å². The number of rotatable bonds is 7. The monoisotopic (exact) mass is 539 g/mol. The Morgan fingerprint density at radius 2 is 1.77 bits per heavy atom. The summed E-state index contributed by atoms with van der Waals surface area (Å²) in [6.45, 7) is 9.18. The maximum atomic E-state index is 14.3. The van der Waals surface area contributed by atoms with Crippen molar-refractivity contribution < 1.29 is 33.1 Å². The van der Waals surface area contributed by atoms with Crippen molar-refractivity contribution in [3.63, 3.8) is 0 Å². The van der Waals surface area contributed by atoms with Gasteiger partial charge in [-0.2, -0.15) is 0 Å². The van der Waals surface area contributed by atoms with Gasteiger partial charge in [0.2, 0.25) is 11.7 Å². The van der Waals surface area contributed by atoms with Crippen molar-refractivity contribution in [2.75, 3.05) is 13.2 Å². The third-order valence-corrected chi connectivity index (χ3v) is 7.43. The zero-order valence-corrected chi connectivity index (χ0v) is 22.3. The number of benzene rings is 2. The summed E-state index contributed by atoms with van der Waals surface area (Å²) in [5, 5.41) is 11.3. The number of carbonyl (C=O) groups is 2. The second-order valence-electron chi connectivity index (χ2n) is 10.8. The maximum absolute atomic E-state index is 14.3. The Morgan fingerprint density at radius 3 is 2.31 bits per heavy atom. The standard InChI is InChI=1S/C28H30FN3O7/c1-6-37-25(34)21-20-24(33)31(26(3,4)5)23(17-8-12-18(29)13-9-17)27(20)30-22(28(21,39-27)38-7-2)16-10-14-19(15-11-16)32(35)36/h8-15,20-21,23H,6-7H2,1-5H3/t20-,21-,23+,27-,28+/m0/s1. The van der Waals surface area contributed by atoms with E-state index in [2.05, 4.69) is 0 Å². The lowest BCUT2D eigenvalue weighted by Gasteiger charge is -2.41. The number of esters is 1. The van der Waals surface area contributed by atoms with Crippen molar-refractivity contribution in [1.82, 2.24) is 4.90 Å². The fourth-order valence-corrected chi connectivity index (χ4v) is 6.12. The number of halogens is 1. The van der Waals surface area contributed by atoms with Crippen LogP contribution in [0.5, 0.6) is 0 Å². The first-order valence-electron chi connectivity index (χ1n) is 12.9. The van der Waals surface area contributed by atoms with E-state index in [1.54, 1.807) is 30.9 Å². The van der Waals surface area contributed by atoms with E-state index in [1.807, 2.05) is 20.8 Å². The number of nitrogens with zero attached hydrogens (tertiary/aromatic N) is 3. The van der Waals surface area contributed by atoms with E-state index in [4.69, 9.17) is 19.2 Å². The highest BCUT2D eigenvalue weighted by molar-refractivity contribution is 6.12. The Balaban J connectivity index is 1.79. The van der Waals surface area contributed by atoms with E-state index in [0.29, 0.717) is 11.1 Å². The zero-order valence-electron chi connectivity index (χ0n) is 22.3. The number of hydrogen-bond acceptors (Lipinski definition) is 8. The van der Waals surface area contributed by atoms with Gasteiger partial charge in [-0.3, -0.25) is 19.7 Å². The summed E-state index contributed by atoms with van der Waals surface area (Å²) in [6, 6.07) is 10.6. The average Bonchev–Trinajstić information content (AvgIpc) is 3.45. The lowest BCUT2D eigenvalue weighted by Crippen LogP contribution is -2.54. The minimum Gasteiger partial charge on any atom is -0.466 e. The highest BCUT2D eigenvalue weighted by Gasteiger charge is 2.82. The molecule has 5 rings (SSSR count). The van der Waals surface area contributed by atoms with Crippen LogP contribution in [0.15, 0.2) is 53.5 Å². The minimum absolute atomic E-state index is 0.0693. The molecule has 0 aliphatic carbocycles. The number of carbonyl (C=O) groups excluding carboxylic acids is 2. The van der Waals surface area contributed by atoms with Gasteiger partial charge in [-0.1, -0.05) is 12.1 Å². The first-order chi connectivity index (χ1) is 18.4. The Morgan fingerprint density at radius 1 is 1.13 bits per heavy atom.